The molecule has 29 heavy (non-hydrogen) atoms. The Morgan fingerprint density at radius 3 is 2.59 bits per heavy atom. The SMILES string of the molecule is C[C@@]1(c2ccc([N+](=O)[O-])cc2)NC(=O)N(Cc2cc(Cl)c3c(c2)OCCO3)C1=O. The van der Waals surface area contributed by atoms with Crippen LogP contribution < -0.4 is 14.8 Å². The van der Waals surface area contributed by atoms with E-state index in [4.69, 9.17) is 21.1 Å². The van der Waals surface area contributed by atoms with Crippen LogP contribution in [0.3, 0.4) is 0 Å². The summed E-state index contributed by atoms with van der Waals surface area (Å²) in [6, 6.07) is 8.25. The van der Waals surface area contributed by atoms with Crippen LogP contribution in [0.2, 0.25) is 5.02 Å². The van der Waals surface area contributed by atoms with E-state index in [1.807, 2.05) is 0 Å². The van der Waals surface area contributed by atoms with Crippen LogP contribution in [0.4, 0.5) is 10.5 Å². The summed E-state index contributed by atoms with van der Waals surface area (Å²) in [5, 5.41) is 13.9. The normalized spacial score (nSPS) is 20.6. The molecule has 3 amide bonds. The Hall–Kier alpha value is -3.33. The van der Waals surface area contributed by atoms with Gasteiger partial charge >= 0.3 is 6.03 Å². The van der Waals surface area contributed by atoms with Crippen molar-refractivity contribution >= 4 is 29.2 Å². The van der Waals surface area contributed by atoms with Crippen LogP contribution >= 0.6 is 11.6 Å². The number of carbonyl (C=O) groups excluding carboxylic acids is 2. The number of hydrogen-bond acceptors (Lipinski definition) is 6. The number of non-ortho nitro benzene ring substituents is 1. The number of nitrogens with one attached hydrogen (secondary N) is 1. The van der Waals surface area contributed by atoms with Gasteiger partial charge in [-0.3, -0.25) is 19.8 Å². The van der Waals surface area contributed by atoms with Gasteiger partial charge in [0.25, 0.3) is 11.6 Å². The molecule has 1 atom stereocenters. The van der Waals surface area contributed by atoms with Crippen LogP contribution in [0.1, 0.15) is 18.1 Å². The molecule has 150 valence electrons. The number of imide groups is 1. The summed E-state index contributed by atoms with van der Waals surface area (Å²) in [5.41, 5.74) is -0.374. The topological polar surface area (TPSA) is 111 Å². The third-order valence-electron chi connectivity index (χ3n) is 4.93. The Morgan fingerprint density at radius 1 is 1.21 bits per heavy atom. The summed E-state index contributed by atoms with van der Waals surface area (Å²) in [7, 11) is 0. The average Bonchev–Trinajstić information content (AvgIpc) is 2.92. The maximum atomic E-state index is 13.1. The molecule has 2 aliphatic rings. The average molecular weight is 418 g/mol. The lowest BCUT2D eigenvalue weighted by molar-refractivity contribution is -0.384. The van der Waals surface area contributed by atoms with Crippen molar-refractivity contribution in [3.05, 3.63) is 62.7 Å². The molecule has 0 bridgehead atoms. The molecule has 1 saturated heterocycles. The molecular formula is C19H16ClN3O6. The van der Waals surface area contributed by atoms with E-state index in [-0.39, 0.29) is 12.2 Å². The highest BCUT2D eigenvalue weighted by Crippen LogP contribution is 2.39. The smallest absolute Gasteiger partial charge is 0.325 e. The first kappa shape index (κ1) is 19.0. The second kappa shape index (κ2) is 6.93. The van der Waals surface area contributed by atoms with Gasteiger partial charge in [0.2, 0.25) is 0 Å². The maximum Gasteiger partial charge on any atom is 0.325 e. The quantitative estimate of drug-likeness (QED) is 0.465. The zero-order valence-electron chi connectivity index (χ0n) is 15.3. The predicted molar refractivity (Wildman–Crippen MR) is 102 cm³/mol. The number of rotatable bonds is 4. The van der Waals surface area contributed by atoms with Crippen molar-refractivity contribution in [2.75, 3.05) is 13.2 Å². The van der Waals surface area contributed by atoms with Gasteiger partial charge in [-0.2, -0.15) is 0 Å². The van der Waals surface area contributed by atoms with E-state index < -0.39 is 22.4 Å². The number of urea groups is 1. The van der Waals surface area contributed by atoms with Gasteiger partial charge < -0.3 is 14.8 Å². The molecule has 2 heterocycles. The number of benzene rings is 2. The molecule has 2 aliphatic heterocycles. The van der Waals surface area contributed by atoms with Crippen molar-refractivity contribution < 1.29 is 24.0 Å². The zero-order valence-corrected chi connectivity index (χ0v) is 16.1. The molecule has 0 aromatic heterocycles. The predicted octanol–water partition coefficient (Wildman–Crippen LogP) is 2.99. The van der Waals surface area contributed by atoms with Gasteiger partial charge in [-0.05, 0) is 42.3 Å². The van der Waals surface area contributed by atoms with E-state index >= 15 is 0 Å². The Morgan fingerprint density at radius 2 is 1.90 bits per heavy atom. The molecule has 0 aliphatic carbocycles. The summed E-state index contributed by atoms with van der Waals surface area (Å²) in [4.78, 5) is 37.0. The van der Waals surface area contributed by atoms with Gasteiger partial charge in [0.05, 0.1) is 16.5 Å². The van der Waals surface area contributed by atoms with Crippen LogP contribution in [0.15, 0.2) is 36.4 Å². The monoisotopic (exact) mass is 417 g/mol. The fourth-order valence-electron chi connectivity index (χ4n) is 3.39. The number of fused-ring (bicyclic) bond motifs is 1. The molecule has 0 saturated carbocycles. The Kier molecular flexibility index (Phi) is 4.54. The van der Waals surface area contributed by atoms with Crippen molar-refractivity contribution in [2.45, 2.75) is 19.0 Å². The molecule has 10 heteroatoms. The first-order valence-electron chi connectivity index (χ1n) is 8.76. The van der Waals surface area contributed by atoms with Gasteiger partial charge in [-0.15, -0.1) is 0 Å². The second-order valence-electron chi connectivity index (χ2n) is 6.85. The van der Waals surface area contributed by atoms with Crippen molar-refractivity contribution in [1.29, 1.82) is 0 Å². The summed E-state index contributed by atoms with van der Waals surface area (Å²) in [6.07, 6.45) is 0. The number of nitro benzene ring substituents is 1. The Labute approximate surface area is 170 Å². The largest absolute Gasteiger partial charge is 0.486 e. The lowest BCUT2D eigenvalue weighted by atomic mass is 9.92. The first-order valence-corrected chi connectivity index (χ1v) is 9.14. The van der Waals surface area contributed by atoms with E-state index in [0.717, 1.165) is 4.90 Å². The van der Waals surface area contributed by atoms with E-state index in [1.54, 1.807) is 19.1 Å². The molecule has 0 radical (unpaired) electrons. The third-order valence-corrected chi connectivity index (χ3v) is 5.21. The summed E-state index contributed by atoms with van der Waals surface area (Å²) < 4.78 is 11.0. The second-order valence-corrected chi connectivity index (χ2v) is 7.26. The molecule has 0 unspecified atom stereocenters. The fourth-order valence-corrected chi connectivity index (χ4v) is 3.68. The van der Waals surface area contributed by atoms with E-state index in [2.05, 4.69) is 5.32 Å². The molecule has 2 aromatic carbocycles. The zero-order chi connectivity index (χ0) is 20.8. The van der Waals surface area contributed by atoms with Crippen LogP contribution in [-0.4, -0.2) is 35.0 Å². The lowest BCUT2D eigenvalue weighted by Crippen LogP contribution is -2.40. The highest BCUT2D eigenvalue weighted by Gasteiger charge is 2.49. The van der Waals surface area contributed by atoms with Gasteiger partial charge in [0.15, 0.2) is 11.5 Å². The minimum Gasteiger partial charge on any atom is -0.486 e. The highest BCUT2D eigenvalue weighted by molar-refractivity contribution is 6.32. The highest BCUT2D eigenvalue weighted by atomic mass is 35.5. The number of hydrogen-bond donors (Lipinski definition) is 1. The third kappa shape index (κ3) is 3.23. The number of nitro groups is 1. The molecule has 1 fully saturated rings. The summed E-state index contributed by atoms with van der Waals surface area (Å²) in [6.45, 7) is 2.33. The van der Waals surface area contributed by atoms with Gasteiger partial charge in [-0.25, -0.2) is 4.79 Å². The van der Waals surface area contributed by atoms with Gasteiger partial charge in [-0.1, -0.05) is 11.6 Å². The molecule has 4 rings (SSSR count). The molecule has 0 spiro atoms. The van der Waals surface area contributed by atoms with Crippen LogP contribution in [0.5, 0.6) is 11.5 Å². The minimum absolute atomic E-state index is 0.0103. The van der Waals surface area contributed by atoms with Gasteiger partial charge in [0.1, 0.15) is 18.8 Å². The van der Waals surface area contributed by atoms with Crippen molar-refractivity contribution in [2.24, 2.45) is 0 Å². The van der Waals surface area contributed by atoms with Crippen molar-refractivity contribution in [3.63, 3.8) is 0 Å². The summed E-state index contributed by atoms with van der Waals surface area (Å²) in [5.74, 6) is 0.431. The van der Waals surface area contributed by atoms with E-state index in [9.17, 15) is 19.7 Å². The number of nitrogens with zero attached hydrogens (tertiary/aromatic N) is 2. The van der Waals surface area contributed by atoms with Crippen LogP contribution in [0, 0.1) is 10.1 Å². The van der Waals surface area contributed by atoms with Gasteiger partial charge in [0, 0.05) is 12.1 Å². The molecule has 1 N–H and O–H groups in total. The molecule has 9 nitrogen and oxygen atoms in total. The molecular weight excluding hydrogens is 402 g/mol. The van der Waals surface area contributed by atoms with Crippen LogP contribution in [0.25, 0.3) is 0 Å². The lowest BCUT2D eigenvalue weighted by Gasteiger charge is -2.23. The maximum absolute atomic E-state index is 13.1. The van der Waals surface area contributed by atoms with Crippen molar-refractivity contribution in [1.82, 2.24) is 10.2 Å². The van der Waals surface area contributed by atoms with Crippen LogP contribution in [-0.2, 0) is 16.9 Å². The fraction of sp³-hybridized carbons (Fsp3) is 0.263. The first-order chi connectivity index (χ1) is 13.8. The number of ether oxygens (including phenoxy) is 2. The summed E-state index contributed by atoms with van der Waals surface area (Å²) >= 11 is 6.23. The van der Waals surface area contributed by atoms with Crippen molar-refractivity contribution in [3.8, 4) is 11.5 Å². The van der Waals surface area contributed by atoms with E-state index in [0.29, 0.717) is 40.9 Å². The number of carbonyl (C=O) groups is 2. The molecule has 2 aromatic rings. The van der Waals surface area contributed by atoms with E-state index in [1.165, 1.54) is 24.3 Å². The Bertz CT molecular complexity index is 1030. The Balaban J connectivity index is 1.60. The number of halogens is 1. The number of amides is 3. The standard InChI is InChI=1S/C19H16ClN3O6/c1-19(12-2-4-13(5-3-12)23(26)27)17(24)22(18(25)21-19)10-11-8-14(20)16-15(9-11)28-6-7-29-16/h2-5,8-9H,6-7,10H2,1H3,(H,21,25)/t19-/m0/s1. The minimum atomic E-state index is -1.33.